The van der Waals surface area contributed by atoms with Crippen LogP contribution in [0, 0.1) is 5.92 Å². The number of hydrogen-bond donors (Lipinski definition) is 7. The summed E-state index contributed by atoms with van der Waals surface area (Å²) in [5.41, 5.74) is -0.744. The van der Waals surface area contributed by atoms with Crippen molar-refractivity contribution in [1.82, 2.24) is 0 Å². The van der Waals surface area contributed by atoms with Gasteiger partial charge in [-0.25, -0.2) is 0 Å². The summed E-state index contributed by atoms with van der Waals surface area (Å²) in [6.45, 7) is 1.29. The molecule has 0 radical (unpaired) electrons. The zero-order valence-corrected chi connectivity index (χ0v) is 21.3. The first kappa shape index (κ1) is 28.1. The Hall–Kier alpha value is -3.43. The van der Waals surface area contributed by atoms with Crippen LogP contribution in [0.5, 0.6) is 23.0 Å². The van der Waals surface area contributed by atoms with Crippen LogP contribution in [0.3, 0.4) is 0 Å². The van der Waals surface area contributed by atoms with E-state index in [1.807, 2.05) is 0 Å². The first-order valence-corrected chi connectivity index (χ1v) is 12.6. The number of phenolic OH excluding ortho intramolecular Hbond substituents is 3. The highest BCUT2D eigenvalue weighted by Gasteiger charge is 2.45. The van der Waals surface area contributed by atoms with Crippen LogP contribution in [0.15, 0.2) is 45.6 Å². The second kappa shape index (κ2) is 11.2. The lowest BCUT2D eigenvalue weighted by molar-refractivity contribution is -0.314. The zero-order chi connectivity index (χ0) is 28.7. The Morgan fingerprint density at radius 1 is 0.950 bits per heavy atom. The third-order valence-electron chi connectivity index (χ3n) is 7.01. The normalized spacial score (nSPS) is 30.8. The van der Waals surface area contributed by atoms with E-state index in [0.717, 1.165) is 12.1 Å². The maximum atomic E-state index is 13.6. The van der Waals surface area contributed by atoms with Crippen molar-refractivity contribution in [3.05, 3.63) is 46.6 Å². The van der Waals surface area contributed by atoms with Crippen LogP contribution in [-0.4, -0.2) is 92.1 Å². The van der Waals surface area contributed by atoms with Crippen LogP contribution < -0.4 is 10.2 Å². The van der Waals surface area contributed by atoms with Gasteiger partial charge >= 0.3 is 0 Å². The second-order valence-electron chi connectivity index (χ2n) is 9.96. The Balaban J connectivity index is 1.52. The molecule has 2 aromatic carbocycles. The maximum Gasteiger partial charge on any atom is 0.239 e. The molecule has 8 unspecified atom stereocenters. The van der Waals surface area contributed by atoms with Gasteiger partial charge in [-0.15, -0.1) is 0 Å². The number of fused-ring (bicyclic) bond motifs is 1. The van der Waals surface area contributed by atoms with E-state index < -0.39 is 66.6 Å². The van der Waals surface area contributed by atoms with E-state index >= 15 is 0 Å². The van der Waals surface area contributed by atoms with Crippen molar-refractivity contribution in [2.24, 2.45) is 5.92 Å². The van der Waals surface area contributed by atoms with Gasteiger partial charge in [0.1, 0.15) is 40.4 Å². The molecular formula is C27H30O13. The molecule has 7 N–H and O–H groups in total. The second-order valence-corrected chi connectivity index (χ2v) is 9.96. The van der Waals surface area contributed by atoms with Gasteiger partial charge in [0.25, 0.3) is 0 Å². The van der Waals surface area contributed by atoms with Gasteiger partial charge in [0.05, 0.1) is 31.5 Å². The molecule has 40 heavy (non-hydrogen) atoms. The van der Waals surface area contributed by atoms with Crippen LogP contribution in [0.25, 0.3) is 22.3 Å². The lowest BCUT2D eigenvalue weighted by atomic mass is 9.97. The van der Waals surface area contributed by atoms with Crippen molar-refractivity contribution in [2.75, 3.05) is 13.2 Å². The lowest BCUT2D eigenvalue weighted by Gasteiger charge is -2.42. The molecular weight excluding hydrogens is 532 g/mol. The average Bonchev–Trinajstić information content (AvgIpc) is 2.92. The third-order valence-corrected chi connectivity index (χ3v) is 7.01. The number of hydrogen-bond acceptors (Lipinski definition) is 13. The van der Waals surface area contributed by atoms with Gasteiger partial charge < -0.3 is 59.1 Å². The minimum absolute atomic E-state index is 0.0348. The largest absolute Gasteiger partial charge is 0.508 e. The van der Waals surface area contributed by atoms with Crippen molar-refractivity contribution in [1.29, 1.82) is 0 Å². The third kappa shape index (κ3) is 5.32. The molecule has 0 amide bonds. The van der Waals surface area contributed by atoms with E-state index in [4.69, 9.17) is 23.4 Å². The van der Waals surface area contributed by atoms with E-state index in [2.05, 4.69) is 0 Å². The van der Waals surface area contributed by atoms with Crippen molar-refractivity contribution < 1.29 is 59.1 Å². The lowest BCUT2D eigenvalue weighted by Crippen LogP contribution is -2.57. The number of aliphatic hydroxyl groups is 4. The van der Waals surface area contributed by atoms with Gasteiger partial charge in [-0.1, -0.05) is 6.92 Å². The molecule has 2 fully saturated rings. The number of aromatic hydroxyl groups is 3. The van der Waals surface area contributed by atoms with E-state index in [1.54, 1.807) is 6.92 Å². The van der Waals surface area contributed by atoms with Crippen molar-refractivity contribution in [3.63, 3.8) is 0 Å². The summed E-state index contributed by atoms with van der Waals surface area (Å²) in [5, 5.41) is 71.3. The molecule has 0 bridgehead atoms. The van der Waals surface area contributed by atoms with Crippen molar-refractivity contribution in [3.8, 4) is 34.3 Å². The molecule has 0 saturated carbocycles. The molecule has 2 aliphatic rings. The number of rotatable bonds is 6. The smallest absolute Gasteiger partial charge is 0.239 e. The maximum absolute atomic E-state index is 13.6. The number of ether oxygens (including phenoxy) is 4. The molecule has 8 atom stereocenters. The summed E-state index contributed by atoms with van der Waals surface area (Å²) in [6.07, 6.45) is -9.07. The van der Waals surface area contributed by atoms with Crippen LogP contribution in [0.1, 0.15) is 13.3 Å². The quantitative estimate of drug-likeness (QED) is 0.219. The summed E-state index contributed by atoms with van der Waals surface area (Å²) in [6, 6.07) is 7.63. The molecule has 5 rings (SSSR count). The van der Waals surface area contributed by atoms with Gasteiger partial charge in [0.2, 0.25) is 17.5 Å². The Kier molecular flexibility index (Phi) is 7.88. The molecule has 216 valence electrons. The average molecular weight is 563 g/mol. The summed E-state index contributed by atoms with van der Waals surface area (Å²) in [7, 11) is 0. The topological polar surface area (TPSA) is 209 Å². The SMILES string of the molecule is CC1COC(OC2CC(CO)OC(Oc3c(-c4ccc(O)cc4)oc4cc(O)cc(O)c4c3=O)C2O)C(O)C1O. The van der Waals surface area contributed by atoms with Crippen LogP contribution >= 0.6 is 0 Å². The van der Waals surface area contributed by atoms with Crippen molar-refractivity contribution >= 4 is 11.0 Å². The van der Waals surface area contributed by atoms with Crippen LogP contribution in [0.4, 0.5) is 0 Å². The Bertz CT molecular complexity index is 1400. The summed E-state index contributed by atoms with van der Waals surface area (Å²) >= 11 is 0. The number of phenols is 3. The Labute approximate surface area is 227 Å². The van der Waals surface area contributed by atoms with Gasteiger partial charge in [0, 0.05) is 30.0 Å². The minimum atomic E-state index is -1.60. The molecule has 3 aromatic rings. The molecule has 13 heteroatoms. The predicted octanol–water partition coefficient (Wildman–Crippen LogP) is 0.523. The van der Waals surface area contributed by atoms with E-state index in [1.165, 1.54) is 24.3 Å². The van der Waals surface area contributed by atoms with Gasteiger partial charge in [-0.05, 0) is 24.3 Å². The molecule has 3 heterocycles. The Morgan fingerprint density at radius 3 is 2.38 bits per heavy atom. The summed E-state index contributed by atoms with van der Waals surface area (Å²) in [5.74, 6) is -1.99. The standard InChI is InChI=1S/C27H30O13/c1-11-10-36-26(23(35)20(11)32)39-18-8-15(9-28)37-27(21(18)33)40-25-22(34)19-16(31)6-14(30)7-17(19)38-24(25)12-2-4-13(29)5-3-12/h2-7,11,15,18,20-21,23,26-33,35H,8-10H2,1H3. The molecule has 0 spiro atoms. The van der Waals surface area contributed by atoms with Gasteiger partial charge in [-0.2, -0.15) is 0 Å². The number of aliphatic hydroxyl groups excluding tert-OH is 4. The van der Waals surface area contributed by atoms with Gasteiger partial charge in [-0.3, -0.25) is 4.79 Å². The first-order chi connectivity index (χ1) is 19.1. The fourth-order valence-corrected chi connectivity index (χ4v) is 4.78. The predicted molar refractivity (Wildman–Crippen MR) is 136 cm³/mol. The van der Waals surface area contributed by atoms with Gasteiger partial charge in [0.15, 0.2) is 12.1 Å². The monoisotopic (exact) mass is 562 g/mol. The highest BCUT2D eigenvalue weighted by atomic mass is 16.7. The summed E-state index contributed by atoms with van der Waals surface area (Å²) in [4.78, 5) is 13.6. The fraction of sp³-hybridized carbons (Fsp3) is 0.444. The molecule has 13 nitrogen and oxygen atoms in total. The highest BCUT2D eigenvalue weighted by molar-refractivity contribution is 5.88. The summed E-state index contributed by atoms with van der Waals surface area (Å²) < 4.78 is 28.7. The Morgan fingerprint density at radius 2 is 1.68 bits per heavy atom. The van der Waals surface area contributed by atoms with Crippen LogP contribution in [0.2, 0.25) is 0 Å². The zero-order valence-electron chi connectivity index (χ0n) is 21.3. The highest BCUT2D eigenvalue weighted by Crippen LogP contribution is 2.38. The fourth-order valence-electron chi connectivity index (χ4n) is 4.78. The molecule has 1 aromatic heterocycles. The molecule has 2 saturated heterocycles. The molecule has 2 aliphatic heterocycles. The van der Waals surface area contributed by atoms with Crippen molar-refractivity contribution in [2.45, 2.75) is 56.4 Å². The number of benzene rings is 2. The van der Waals surface area contributed by atoms with E-state index in [9.17, 15) is 40.5 Å². The molecule has 0 aliphatic carbocycles. The van der Waals surface area contributed by atoms with E-state index in [-0.39, 0.29) is 52.7 Å². The van der Waals surface area contributed by atoms with E-state index in [0.29, 0.717) is 0 Å². The minimum Gasteiger partial charge on any atom is -0.508 e. The first-order valence-electron chi connectivity index (χ1n) is 12.6. The van der Waals surface area contributed by atoms with Crippen LogP contribution in [-0.2, 0) is 14.2 Å².